The number of ether oxygens (including phenoxy) is 2. The monoisotopic (exact) mass is 499 g/mol. The summed E-state index contributed by atoms with van der Waals surface area (Å²) in [6.45, 7) is 3.30. The van der Waals surface area contributed by atoms with Crippen molar-refractivity contribution in [2.24, 2.45) is 0 Å². The van der Waals surface area contributed by atoms with E-state index >= 15 is 0 Å². The first kappa shape index (κ1) is 24.8. The molecule has 1 saturated heterocycles. The van der Waals surface area contributed by atoms with Crippen LogP contribution < -0.4 is 19.1 Å². The van der Waals surface area contributed by atoms with Crippen molar-refractivity contribution in [1.29, 1.82) is 0 Å². The maximum absolute atomic E-state index is 12.4. The molecule has 1 aliphatic heterocycles. The van der Waals surface area contributed by atoms with E-state index in [0.29, 0.717) is 19.7 Å². The molecule has 2 N–H and O–H groups in total. The van der Waals surface area contributed by atoms with Gasteiger partial charge in [-0.3, -0.25) is 4.79 Å². The molecule has 0 amide bonds. The molecular weight excluding hydrogens is 470 g/mol. The van der Waals surface area contributed by atoms with E-state index in [0.717, 1.165) is 33.5 Å². The van der Waals surface area contributed by atoms with Gasteiger partial charge in [0.2, 0.25) is 0 Å². The zero-order valence-electron chi connectivity index (χ0n) is 19.7. The van der Waals surface area contributed by atoms with Crippen LogP contribution in [0.15, 0.2) is 60.7 Å². The first-order valence-electron chi connectivity index (χ1n) is 11.3. The maximum Gasteiger partial charge on any atom is 0.321 e. The van der Waals surface area contributed by atoms with Gasteiger partial charge in [-0.1, -0.05) is 18.2 Å². The Morgan fingerprint density at radius 1 is 0.971 bits per heavy atom. The lowest BCUT2D eigenvalue weighted by atomic mass is 10.1. The molecule has 3 aromatic rings. The van der Waals surface area contributed by atoms with Crippen molar-refractivity contribution in [3.63, 3.8) is 0 Å². The zero-order valence-corrected chi connectivity index (χ0v) is 20.5. The number of fused-ring (bicyclic) bond motifs is 1. The van der Waals surface area contributed by atoms with E-state index in [1.165, 1.54) is 11.2 Å². The van der Waals surface area contributed by atoms with Gasteiger partial charge in [-0.25, -0.2) is 0 Å². The fourth-order valence-corrected chi connectivity index (χ4v) is 5.29. The number of aliphatic carboxylic acids is 1. The number of carboxylic acid groups (broad SMARTS) is 1. The van der Waals surface area contributed by atoms with E-state index in [2.05, 4.69) is 21.8 Å². The third-order valence-electron chi connectivity index (χ3n) is 5.99. The summed E-state index contributed by atoms with van der Waals surface area (Å²) in [5.74, 6) is 0.363. The highest BCUT2D eigenvalue weighted by molar-refractivity contribution is 7.87. The minimum atomic E-state index is -3.84. The smallest absolute Gasteiger partial charge is 0.321 e. The second-order valence-electron chi connectivity index (χ2n) is 8.40. The van der Waals surface area contributed by atoms with Crippen molar-refractivity contribution >= 4 is 32.6 Å². The summed E-state index contributed by atoms with van der Waals surface area (Å²) in [6, 6.07) is 18.7. The van der Waals surface area contributed by atoms with Crippen molar-refractivity contribution in [1.82, 2.24) is 9.03 Å². The van der Waals surface area contributed by atoms with Crippen molar-refractivity contribution < 1.29 is 27.8 Å². The van der Waals surface area contributed by atoms with Crippen LogP contribution in [0.4, 0.5) is 5.69 Å². The van der Waals surface area contributed by atoms with Crippen LogP contribution in [0.3, 0.4) is 0 Å². The topological polar surface area (TPSA) is 108 Å². The Hall–Kier alpha value is -3.34. The second kappa shape index (κ2) is 10.5. The van der Waals surface area contributed by atoms with Gasteiger partial charge in [-0.15, -0.1) is 0 Å². The van der Waals surface area contributed by atoms with Gasteiger partial charge in [0.1, 0.15) is 24.1 Å². The van der Waals surface area contributed by atoms with Gasteiger partial charge >= 0.3 is 5.97 Å². The summed E-state index contributed by atoms with van der Waals surface area (Å²) in [6.07, 6.45) is 0. The first-order chi connectivity index (χ1) is 16.7. The SMILES string of the molecule is COc1ccc2cc(COc3ccc(N4CCN(S(=O)(=O)N[C@H](C)C(=O)O)CC4)cc3)ccc2c1. The molecule has 1 fully saturated rings. The molecule has 10 heteroatoms. The van der Waals surface area contributed by atoms with Gasteiger partial charge in [0.25, 0.3) is 10.2 Å². The number of carboxylic acids is 1. The van der Waals surface area contributed by atoms with E-state index in [9.17, 15) is 13.2 Å². The number of hydrogen-bond donors (Lipinski definition) is 2. The van der Waals surface area contributed by atoms with E-state index < -0.39 is 22.2 Å². The number of piperazine rings is 1. The lowest BCUT2D eigenvalue weighted by Crippen LogP contribution is -2.54. The van der Waals surface area contributed by atoms with Crippen LogP contribution >= 0.6 is 0 Å². The molecule has 9 nitrogen and oxygen atoms in total. The predicted molar refractivity (Wildman–Crippen MR) is 134 cm³/mol. The van der Waals surface area contributed by atoms with Gasteiger partial charge < -0.3 is 19.5 Å². The molecule has 0 aliphatic carbocycles. The number of nitrogens with one attached hydrogen (secondary N) is 1. The maximum atomic E-state index is 12.4. The van der Waals surface area contributed by atoms with Crippen LogP contribution in [-0.2, 0) is 21.6 Å². The molecule has 186 valence electrons. The number of methoxy groups -OCH3 is 1. The Kier molecular flexibility index (Phi) is 7.44. The lowest BCUT2D eigenvalue weighted by molar-refractivity contribution is -0.138. The van der Waals surface area contributed by atoms with E-state index in [4.69, 9.17) is 14.6 Å². The van der Waals surface area contributed by atoms with Gasteiger partial charge in [0.15, 0.2) is 0 Å². The highest BCUT2D eigenvalue weighted by atomic mass is 32.2. The molecule has 1 atom stereocenters. The lowest BCUT2D eigenvalue weighted by Gasteiger charge is -2.35. The van der Waals surface area contributed by atoms with Gasteiger partial charge in [0, 0.05) is 31.9 Å². The third-order valence-corrected chi connectivity index (χ3v) is 7.69. The fourth-order valence-electron chi connectivity index (χ4n) is 3.94. The van der Waals surface area contributed by atoms with Crippen LogP contribution in [0.25, 0.3) is 10.8 Å². The van der Waals surface area contributed by atoms with Crippen LogP contribution in [0.2, 0.25) is 0 Å². The third kappa shape index (κ3) is 6.02. The summed E-state index contributed by atoms with van der Waals surface area (Å²) in [5, 5.41) is 11.2. The molecule has 0 spiro atoms. The van der Waals surface area contributed by atoms with Crippen LogP contribution in [-0.4, -0.2) is 63.1 Å². The fraction of sp³-hybridized carbons (Fsp3) is 0.320. The Morgan fingerprint density at radius 3 is 2.26 bits per heavy atom. The van der Waals surface area contributed by atoms with Crippen LogP contribution in [0.5, 0.6) is 11.5 Å². The molecule has 3 aromatic carbocycles. The number of rotatable bonds is 9. The molecular formula is C25H29N3O6S. The average Bonchev–Trinajstić information content (AvgIpc) is 2.87. The Morgan fingerprint density at radius 2 is 1.60 bits per heavy atom. The summed E-state index contributed by atoms with van der Waals surface area (Å²) in [5.41, 5.74) is 2.04. The highest BCUT2D eigenvalue weighted by Gasteiger charge is 2.29. The van der Waals surface area contributed by atoms with Crippen LogP contribution in [0, 0.1) is 0 Å². The average molecular weight is 500 g/mol. The van der Waals surface area contributed by atoms with Gasteiger partial charge in [-0.05, 0) is 65.7 Å². The van der Waals surface area contributed by atoms with E-state index in [1.54, 1.807) is 7.11 Å². The molecule has 0 aromatic heterocycles. The molecule has 0 bridgehead atoms. The molecule has 35 heavy (non-hydrogen) atoms. The molecule has 1 aliphatic rings. The standard InChI is InChI=1S/C25H29N3O6S/c1-18(25(29)30)26-35(31,32)28-13-11-27(12-14-28)22-6-9-23(10-7-22)34-17-19-3-4-21-16-24(33-2)8-5-20(21)15-19/h3-10,15-16,18,26H,11-14,17H2,1-2H3,(H,29,30)/t18-/m1/s1. The quantitative estimate of drug-likeness (QED) is 0.466. The molecule has 1 heterocycles. The zero-order chi connectivity index (χ0) is 25.0. The predicted octanol–water partition coefficient (Wildman–Crippen LogP) is 2.86. The number of nitrogens with zero attached hydrogens (tertiary/aromatic N) is 2. The van der Waals surface area contributed by atoms with Gasteiger partial charge in [0.05, 0.1) is 7.11 Å². The largest absolute Gasteiger partial charge is 0.497 e. The van der Waals surface area contributed by atoms with Crippen molar-refractivity contribution in [3.8, 4) is 11.5 Å². The Bertz CT molecular complexity index is 1290. The highest BCUT2D eigenvalue weighted by Crippen LogP contribution is 2.24. The number of anilines is 1. The molecule has 0 radical (unpaired) electrons. The second-order valence-corrected chi connectivity index (χ2v) is 10.1. The number of hydrogen-bond acceptors (Lipinski definition) is 6. The summed E-state index contributed by atoms with van der Waals surface area (Å²) >= 11 is 0. The number of benzene rings is 3. The van der Waals surface area contributed by atoms with E-state index in [-0.39, 0.29) is 13.1 Å². The number of carbonyl (C=O) groups is 1. The summed E-state index contributed by atoms with van der Waals surface area (Å²) in [7, 11) is -2.19. The van der Waals surface area contributed by atoms with Crippen LogP contribution in [0.1, 0.15) is 12.5 Å². The normalized spacial score (nSPS) is 15.7. The summed E-state index contributed by atoms with van der Waals surface area (Å²) in [4.78, 5) is 13.0. The minimum absolute atomic E-state index is 0.272. The minimum Gasteiger partial charge on any atom is -0.497 e. The van der Waals surface area contributed by atoms with Crippen molar-refractivity contribution in [2.45, 2.75) is 19.6 Å². The first-order valence-corrected chi connectivity index (χ1v) is 12.7. The molecule has 0 saturated carbocycles. The summed E-state index contributed by atoms with van der Waals surface area (Å²) < 4.78 is 39.5. The van der Waals surface area contributed by atoms with Crippen molar-refractivity contribution in [3.05, 3.63) is 66.2 Å². The molecule has 0 unspecified atom stereocenters. The van der Waals surface area contributed by atoms with Gasteiger partial charge in [-0.2, -0.15) is 17.4 Å². The van der Waals surface area contributed by atoms with E-state index in [1.807, 2.05) is 48.5 Å². The van der Waals surface area contributed by atoms with Crippen molar-refractivity contribution in [2.75, 3.05) is 38.2 Å². The Labute approximate surface area is 205 Å². The molecule has 4 rings (SSSR count). The Balaban J connectivity index is 1.31.